The predicted octanol–water partition coefficient (Wildman–Crippen LogP) is 2.99. The van der Waals surface area contributed by atoms with Crippen LogP contribution in [0.2, 0.25) is 0 Å². The highest BCUT2D eigenvalue weighted by atomic mass is 32.1. The van der Waals surface area contributed by atoms with Gasteiger partial charge >= 0.3 is 0 Å². The summed E-state index contributed by atoms with van der Waals surface area (Å²) in [7, 11) is 0. The van der Waals surface area contributed by atoms with Gasteiger partial charge in [-0.1, -0.05) is 18.2 Å². The van der Waals surface area contributed by atoms with E-state index in [1.807, 2.05) is 11.4 Å². The predicted molar refractivity (Wildman–Crippen MR) is 97.2 cm³/mol. The zero-order chi connectivity index (χ0) is 16.5. The molecule has 2 heterocycles. The monoisotopic (exact) mass is 340 g/mol. The fourth-order valence-electron chi connectivity index (χ4n) is 3.55. The standard InChI is InChI=1S/C18H20N4OS/c19-18-21-11(10-24-18)8-9-20-17(23)14-6-3-5-13-12-4-1-2-7-15(12)22-16(13)14/h1-2,4,7,10,14,22H,3,5-6,8-9H2,(H2,19,21)(H,20,23). The molecule has 1 aliphatic rings. The first-order valence-electron chi connectivity index (χ1n) is 8.29. The van der Waals surface area contributed by atoms with Crippen LogP contribution in [0.1, 0.15) is 35.7 Å². The molecule has 1 unspecified atom stereocenters. The number of nitrogens with one attached hydrogen (secondary N) is 2. The Morgan fingerprint density at radius 1 is 1.42 bits per heavy atom. The maximum Gasteiger partial charge on any atom is 0.229 e. The van der Waals surface area contributed by atoms with Crippen molar-refractivity contribution in [1.82, 2.24) is 15.3 Å². The van der Waals surface area contributed by atoms with Crippen molar-refractivity contribution in [2.45, 2.75) is 31.6 Å². The van der Waals surface area contributed by atoms with Crippen molar-refractivity contribution in [1.29, 1.82) is 0 Å². The number of amides is 1. The molecule has 124 valence electrons. The highest BCUT2D eigenvalue weighted by Gasteiger charge is 2.29. The first-order valence-corrected chi connectivity index (χ1v) is 9.17. The van der Waals surface area contributed by atoms with Crippen LogP contribution >= 0.6 is 11.3 Å². The third-order valence-corrected chi connectivity index (χ3v) is 5.40. The highest BCUT2D eigenvalue weighted by molar-refractivity contribution is 7.13. The Hall–Kier alpha value is -2.34. The second-order valence-electron chi connectivity index (χ2n) is 6.23. The summed E-state index contributed by atoms with van der Waals surface area (Å²) in [5, 5.41) is 6.83. The van der Waals surface area contributed by atoms with E-state index in [0.29, 0.717) is 18.1 Å². The number of fused-ring (bicyclic) bond motifs is 3. The van der Waals surface area contributed by atoms with Crippen LogP contribution in [-0.4, -0.2) is 22.4 Å². The molecule has 2 aromatic heterocycles. The molecule has 4 N–H and O–H groups in total. The average molecular weight is 340 g/mol. The van der Waals surface area contributed by atoms with Crippen LogP contribution in [0, 0.1) is 0 Å². The van der Waals surface area contributed by atoms with Crippen molar-refractivity contribution in [2.24, 2.45) is 0 Å². The van der Waals surface area contributed by atoms with Crippen LogP contribution in [0.3, 0.4) is 0 Å². The van der Waals surface area contributed by atoms with Gasteiger partial charge in [-0.05, 0) is 30.9 Å². The first kappa shape index (κ1) is 15.2. The molecule has 3 aromatic rings. The number of hydrogen-bond acceptors (Lipinski definition) is 4. The topological polar surface area (TPSA) is 83.8 Å². The lowest BCUT2D eigenvalue weighted by molar-refractivity contribution is -0.122. The number of benzene rings is 1. The minimum absolute atomic E-state index is 0.0818. The number of thiazole rings is 1. The van der Waals surface area contributed by atoms with Crippen molar-refractivity contribution in [3.8, 4) is 0 Å². The summed E-state index contributed by atoms with van der Waals surface area (Å²) >= 11 is 1.43. The van der Waals surface area contributed by atoms with Crippen molar-refractivity contribution in [3.05, 3.63) is 46.6 Å². The zero-order valence-corrected chi connectivity index (χ0v) is 14.2. The van der Waals surface area contributed by atoms with E-state index in [9.17, 15) is 4.79 Å². The Bertz CT molecular complexity index is 882. The number of anilines is 1. The van der Waals surface area contributed by atoms with Gasteiger partial charge in [0.2, 0.25) is 5.91 Å². The molecule has 0 radical (unpaired) electrons. The molecular formula is C18H20N4OS. The number of rotatable bonds is 4. The van der Waals surface area contributed by atoms with Gasteiger partial charge in [0.1, 0.15) is 0 Å². The number of para-hydroxylation sites is 1. The fourth-order valence-corrected chi connectivity index (χ4v) is 4.15. The Balaban J connectivity index is 1.48. The maximum absolute atomic E-state index is 12.7. The van der Waals surface area contributed by atoms with Crippen LogP contribution in [-0.2, 0) is 17.6 Å². The zero-order valence-electron chi connectivity index (χ0n) is 13.3. The molecule has 5 nitrogen and oxygen atoms in total. The maximum atomic E-state index is 12.7. The molecule has 0 saturated heterocycles. The van der Waals surface area contributed by atoms with E-state index in [4.69, 9.17) is 5.73 Å². The van der Waals surface area contributed by atoms with E-state index in [0.717, 1.165) is 36.2 Å². The van der Waals surface area contributed by atoms with Gasteiger partial charge in [-0.3, -0.25) is 4.79 Å². The molecule has 0 aliphatic heterocycles. The summed E-state index contributed by atoms with van der Waals surface area (Å²) in [6, 6.07) is 8.30. The van der Waals surface area contributed by atoms with Crippen LogP contribution in [0.4, 0.5) is 5.13 Å². The number of hydrogen-bond donors (Lipinski definition) is 3. The molecule has 1 amide bonds. The van der Waals surface area contributed by atoms with E-state index < -0.39 is 0 Å². The summed E-state index contributed by atoms with van der Waals surface area (Å²) < 4.78 is 0. The molecule has 1 atom stereocenters. The summed E-state index contributed by atoms with van der Waals surface area (Å²) in [4.78, 5) is 20.4. The van der Waals surface area contributed by atoms with Gasteiger partial charge in [0.25, 0.3) is 0 Å². The van der Waals surface area contributed by atoms with E-state index >= 15 is 0 Å². The molecule has 1 aromatic carbocycles. The molecule has 0 bridgehead atoms. The van der Waals surface area contributed by atoms with E-state index in [-0.39, 0.29) is 11.8 Å². The molecule has 4 rings (SSSR count). The summed E-state index contributed by atoms with van der Waals surface area (Å²) in [5.74, 6) is 0.0207. The molecule has 1 aliphatic carbocycles. The summed E-state index contributed by atoms with van der Waals surface area (Å²) in [5.41, 5.74) is 10.1. The quantitative estimate of drug-likeness (QED) is 0.683. The van der Waals surface area contributed by atoms with Crippen LogP contribution in [0.15, 0.2) is 29.6 Å². The second-order valence-corrected chi connectivity index (χ2v) is 7.12. The lowest BCUT2D eigenvalue weighted by Crippen LogP contribution is -2.32. The smallest absolute Gasteiger partial charge is 0.229 e. The van der Waals surface area contributed by atoms with Crippen LogP contribution in [0.25, 0.3) is 10.9 Å². The SMILES string of the molecule is Nc1nc(CCNC(=O)C2CCCc3c2[nH]c2ccccc32)cs1. The number of aromatic amines is 1. The van der Waals surface area contributed by atoms with Gasteiger partial charge in [-0.2, -0.15) is 0 Å². The number of carbonyl (C=O) groups excluding carboxylic acids is 1. The fraction of sp³-hybridized carbons (Fsp3) is 0.333. The third-order valence-electron chi connectivity index (χ3n) is 4.68. The lowest BCUT2D eigenvalue weighted by atomic mass is 9.86. The number of H-pyrrole nitrogens is 1. The van der Waals surface area contributed by atoms with Gasteiger partial charge in [-0.25, -0.2) is 4.98 Å². The Kier molecular flexibility index (Phi) is 3.98. The molecule has 0 saturated carbocycles. The lowest BCUT2D eigenvalue weighted by Gasteiger charge is -2.22. The van der Waals surface area contributed by atoms with Gasteiger partial charge < -0.3 is 16.0 Å². The number of nitrogens with zero attached hydrogens (tertiary/aromatic N) is 1. The third kappa shape index (κ3) is 2.78. The Morgan fingerprint density at radius 2 is 2.29 bits per heavy atom. The first-order chi connectivity index (χ1) is 11.7. The minimum atomic E-state index is -0.0818. The summed E-state index contributed by atoms with van der Waals surface area (Å²) in [6.07, 6.45) is 3.71. The number of carbonyl (C=O) groups is 1. The molecule has 24 heavy (non-hydrogen) atoms. The van der Waals surface area contributed by atoms with Crippen molar-refractivity contribution >= 4 is 33.3 Å². The van der Waals surface area contributed by atoms with E-state index in [2.05, 4.69) is 33.5 Å². The molecule has 6 heteroatoms. The van der Waals surface area contributed by atoms with Gasteiger partial charge in [-0.15, -0.1) is 11.3 Å². The van der Waals surface area contributed by atoms with Crippen LogP contribution in [0.5, 0.6) is 0 Å². The van der Waals surface area contributed by atoms with Crippen LogP contribution < -0.4 is 11.1 Å². The molecule has 0 fully saturated rings. The number of nitrogen functional groups attached to an aromatic ring is 1. The number of aryl methyl sites for hydroxylation is 1. The average Bonchev–Trinajstić information content (AvgIpc) is 3.17. The largest absolute Gasteiger partial charge is 0.375 e. The number of aromatic nitrogens is 2. The van der Waals surface area contributed by atoms with Crippen molar-refractivity contribution < 1.29 is 4.79 Å². The highest BCUT2D eigenvalue weighted by Crippen LogP contribution is 2.36. The van der Waals surface area contributed by atoms with Crippen molar-refractivity contribution in [2.75, 3.05) is 12.3 Å². The van der Waals surface area contributed by atoms with Gasteiger partial charge in [0, 0.05) is 34.9 Å². The minimum Gasteiger partial charge on any atom is -0.375 e. The van der Waals surface area contributed by atoms with E-state index in [1.165, 1.54) is 22.3 Å². The Labute approximate surface area is 144 Å². The Morgan fingerprint density at radius 3 is 3.12 bits per heavy atom. The van der Waals surface area contributed by atoms with Gasteiger partial charge in [0.05, 0.1) is 11.6 Å². The molecule has 0 spiro atoms. The molecular weight excluding hydrogens is 320 g/mol. The van der Waals surface area contributed by atoms with E-state index in [1.54, 1.807) is 0 Å². The van der Waals surface area contributed by atoms with Crippen molar-refractivity contribution in [3.63, 3.8) is 0 Å². The number of nitrogens with two attached hydrogens (primary N) is 1. The normalized spacial score (nSPS) is 16.9. The second kappa shape index (κ2) is 6.28. The summed E-state index contributed by atoms with van der Waals surface area (Å²) in [6.45, 7) is 0.591. The van der Waals surface area contributed by atoms with Gasteiger partial charge in [0.15, 0.2) is 5.13 Å².